The monoisotopic (exact) mass is 442 g/mol. The molecule has 12 nitrogen and oxygen atoms in total. The van der Waals surface area contributed by atoms with E-state index >= 15 is 0 Å². The Morgan fingerprint density at radius 2 is 2.19 bits per heavy atom. The van der Waals surface area contributed by atoms with Crippen LogP contribution < -0.4 is 15.3 Å². The van der Waals surface area contributed by atoms with E-state index in [-0.39, 0.29) is 54.3 Å². The summed E-state index contributed by atoms with van der Waals surface area (Å²) >= 11 is 0. The van der Waals surface area contributed by atoms with Crippen molar-refractivity contribution in [3.63, 3.8) is 0 Å². The number of carbonyl (C=O) groups excluding carboxylic acids is 2. The highest BCUT2D eigenvalue weighted by Crippen LogP contribution is 2.36. The predicted molar refractivity (Wildman–Crippen MR) is 110 cm³/mol. The van der Waals surface area contributed by atoms with Gasteiger partial charge in [0, 0.05) is 24.8 Å². The molecule has 0 aliphatic carbocycles. The first-order valence-electron chi connectivity index (χ1n) is 10.4. The van der Waals surface area contributed by atoms with Crippen LogP contribution in [0.4, 0.5) is 0 Å². The van der Waals surface area contributed by atoms with Crippen molar-refractivity contribution >= 4 is 24.8 Å². The summed E-state index contributed by atoms with van der Waals surface area (Å²) in [5.74, 6) is -1.77. The zero-order valence-electron chi connectivity index (χ0n) is 17.2. The number of nitrogens with one attached hydrogen (secondary N) is 2. The van der Waals surface area contributed by atoms with Crippen LogP contribution in [-0.4, -0.2) is 74.2 Å². The van der Waals surface area contributed by atoms with Crippen LogP contribution in [0.2, 0.25) is 5.82 Å². The molecular weight excluding hydrogens is 419 g/mol. The van der Waals surface area contributed by atoms with Gasteiger partial charge in [0.15, 0.2) is 5.82 Å². The molecule has 13 heteroatoms. The van der Waals surface area contributed by atoms with Gasteiger partial charge < -0.3 is 25.4 Å². The smallest absolute Gasteiger partial charge is 0.526 e. The van der Waals surface area contributed by atoms with Crippen molar-refractivity contribution < 1.29 is 29.2 Å². The number of hydrogen-bond acceptors (Lipinski definition) is 9. The largest absolute Gasteiger partial charge is 0.535 e. The Bertz CT molecular complexity index is 1020. The highest BCUT2D eigenvalue weighted by molar-refractivity contribution is 6.47. The Kier molecular flexibility index (Phi) is 6.46. The van der Waals surface area contributed by atoms with E-state index in [0.29, 0.717) is 12.0 Å². The molecule has 2 aliphatic heterocycles. The minimum Gasteiger partial charge on any atom is -0.535 e. The highest BCUT2D eigenvalue weighted by Gasteiger charge is 2.38. The number of tetrazole rings is 1. The van der Waals surface area contributed by atoms with E-state index in [9.17, 15) is 24.5 Å². The molecule has 1 fully saturated rings. The number of aromatic nitrogens is 4. The van der Waals surface area contributed by atoms with E-state index in [4.69, 9.17) is 4.65 Å². The molecule has 3 heterocycles. The Hall–Kier alpha value is -3.32. The number of benzene rings is 1. The maximum atomic E-state index is 12.6. The van der Waals surface area contributed by atoms with Gasteiger partial charge >= 0.3 is 13.1 Å². The third-order valence-corrected chi connectivity index (χ3v) is 5.62. The zero-order chi connectivity index (χ0) is 22.7. The van der Waals surface area contributed by atoms with Crippen molar-refractivity contribution in [1.29, 1.82) is 0 Å². The molecule has 0 unspecified atom stereocenters. The van der Waals surface area contributed by atoms with Crippen LogP contribution in [0.1, 0.15) is 34.6 Å². The molecule has 0 radical (unpaired) electrons. The predicted octanol–water partition coefficient (Wildman–Crippen LogP) is -1.16. The number of aromatic carboxylic acids is 1. The molecule has 168 valence electrons. The molecule has 1 amide bonds. The van der Waals surface area contributed by atoms with E-state index in [2.05, 4.69) is 26.2 Å². The standard InChI is InChI=1S/C19H23BN6O6/c27-14(7-12-6-11-2-1-3-15(19(29)30)18(11)32-20(12)31)8-16-23-24-25-26(16)10-17(28)22-13-4-5-21-9-13/h1-3,12-13,21,31H,4-10H2,(H,22,28)(H,29,30)/t12-,13+/m1/s1. The van der Waals surface area contributed by atoms with Gasteiger partial charge in [0.1, 0.15) is 18.1 Å². The quantitative estimate of drug-likeness (QED) is 0.366. The molecule has 32 heavy (non-hydrogen) atoms. The van der Waals surface area contributed by atoms with Crippen molar-refractivity contribution in [3.8, 4) is 5.75 Å². The number of rotatable bonds is 8. The first-order valence-corrected chi connectivity index (χ1v) is 10.4. The van der Waals surface area contributed by atoms with Crippen molar-refractivity contribution in [2.75, 3.05) is 13.1 Å². The summed E-state index contributed by atoms with van der Waals surface area (Å²) in [6.07, 6.45) is 1.04. The van der Waals surface area contributed by atoms with Crippen LogP contribution >= 0.6 is 0 Å². The number of fused-ring (bicyclic) bond motifs is 1. The summed E-state index contributed by atoms with van der Waals surface area (Å²) < 4.78 is 6.72. The van der Waals surface area contributed by atoms with Gasteiger partial charge in [-0.15, -0.1) is 5.10 Å². The Labute approximate surface area is 183 Å². The first-order chi connectivity index (χ1) is 15.4. The lowest BCUT2D eigenvalue weighted by Gasteiger charge is -2.27. The number of carboxylic acid groups (broad SMARTS) is 1. The summed E-state index contributed by atoms with van der Waals surface area (Å²) in [6.45, 7) is 1.48. The minimum atomic E-state index is -1.31. The number of nitrogens with zero attached hydrogens (tertiary/aromatic N) is 4. The molecule has 2 atom stereocenters. The van der Waals surface area contributed by atoms with E-state index in [0.717, 1.165) is 19.5 Å². The third-order valence-electron chi connectivity index (χ3n) is 5.62. The zero-order valence-corrected chi connectivity index (χ0v) is 17.2. The maximum absolute atomic E-state index is 12.6. The second kappa shape index (κ2) is 9.45. The van der Waals surface area contributed by atoms with Gasteiger partial charge in [0.25, 0.3) is 0 Å². The first kappa shape index (κ1) is 21.9. The molecule has 1 aromatic carbocycles. The van der Waals surface area contributed by atoms with Crippen LogP contribution in [0, 0.1) is 0 Å². The van der Waals surface area contributed by atoms with Crippen LogP contribution in [0.25, 0.3) is 0 Å². The summed E-state index contributed by atoms with van der Waals surface area (Å²) in [5, 5.41) is 36.9. The van der Waals surface area contributed by atoms with Crippen LogP contribution in [0.5, 0.6) is 5.75 Å². The molecule has 0 spiro atoms. The number of ketones is 1. The molecule has 1 aromatic heterocycles. The topological polar surface area (TPSA) is 169 Å². The number of amides is 1. The van der Waals surface area contributed by atoms with Gasteiger partial charge in [-0.25, -0.2) is 9.48 Å². The van der Waals surface area contributed by atoms with Crippen LogP contribution in [-0.2, 0) is 29.0 Å². The highest BCUT2D eigenvalue weighted by atomic mass is 16.5. The molecule has 2 aliphatic rings. The Morgan fingerprint density at radius 1 is 1.34 bits per heavy atom. The fourth-order valence-electron chi connectivity index (χ4n) is 4.03. The van der Waals surface area contributed by atoms with E-state index in [1.54, 1.807) is 12.1 Å². The van der Waals surface area contributed by atoms with Gasteiger partial charge in [0.2, 0.25) is 5.91 Å². The summed E-state index contributed by atoms with van der Waals surface area (Å²) in [6, 6.07) is 4.78. The van der Waals surface area contributed by atoms with Gasteiger partial charge in [0.05, 0.1) is 12.0 Å². The summed E-state index contributed by atoms with van der Waals surface area (Å²) in [4.78, 5) is 36.2. The van der Waals surface area contributed by atoms with E-state index in [1.807, 2.05) is 0 Å². The maximum Gasteiger partial charge on any atom is 0.526 e. The summed E-state index contributed by atoms with van der Waals surface area (Å²) in [7, 11) is -1.31. The number of carboxylic acids is 1. The van der Waals surface area contributed by atoms with E-state index < -0.39 is 18.9 Å². The van der Waals surface area contributed by atoms with Crippen molar-refractivity contribution in [2.45, 2.75) is 44.1 Å². The number of hydrogen-bond donors (Lipinski definition) is 4. The second-order valence-electron chi connectivity index (χ2n) is 8.00. The molecule has 4 N–H and O–H groups in total. The molecular formula is C19H23BN6O6. The summed E-state index contributed by atoms with van der Waals surface area (Å²) in [5.41, 5.74) is 0.591. The van der Waals surface area contributed by atoms with Gasteiger partial charge in [-0.1, -0.05) is 12.1 Å². The fraction of sp³-hybridized carbons (Fsp3) is 0.474. The minimum absolute atomic E-state index is 0.00922. The Morgan fingerprint density at radius 3 is 2.94 bits per heavy atom. The number of para-hydroxylation sites is 1. The van der Waals surface area contributed by atoms with Gasteiger partial charge in [-0.05, 0) is 41.4 Å². The number of carbonyl (C=O) groups is 3. The lowest BCUT2D eigenvalue weighted by Crippen LogP contribution is -2.38. The molecule has 2 aromatic rings. The van der Waals surface area contributed by atoms with Gasteiger partial charge in [-0.2, -0.15) is 0 Å². The van der Waals surface area contributed by atoms with Crippen molar-refractivity contribution in [3.05, 3.63) is 35.2 Å². The van der Waals surface area contributed by atoms with E-state index in [1.165, 1.54) is 10.7 Å². The number of Topliss-reactive ketones (excluding diaryl/α,β-unsaturated/α-hetero) is 1. The lowest BCUT2D eigenvalue weighted by atomic mass is 9.64. The fourth-order valence-corrected chi connectivity index (χ4v) is 4.03. The van der Waals surface area contributed by atoms with Crippen LogP contribution in [0.15, 0.2) is 18.2 Å². The SMILES string of the molecule is O=C(Cc1nnnn1CC(=O)N[C@H]1CCNC1)C[C@H]1Cc2cccc(C(=O)O)c2OB1O. The average Bonchev–Trinajstić information content (AvgIpc) is 3.40. The molecule has 0 saturated carbocycles. The molecule has 4 rings (SSSR count). The van der Waals surface area contributed by atoms with Gasteiger partial charge in [-0.3, -0.25) is 9.59 Å². The van der Waals surface area contributed by atoms with Crippen molar-refractivity contribution in [2.24, 2.45) is 0 Å². The van der Waals surface area contributed by atoms with Crippen molar-refractivity contribution in [1.82, 2.24) is 30.8 Å². The lowest BCUT2D eigenvalue weighted by molar-refractivity contribution is -0.123. The third kappa shape index (κ3) is 4.94. The Balaban J connectivity index is 1.35. The average molecular weight is 442 g/mol. The molecule has 0 bridgehead atoms. The molecule has 1 saturated heterocycles. The normalized spacial score (nSPS) is 19.8. The van der Waals surface area contributed by atoms with Crippen LogP contribution in [0.3, 0.4) is 0 Å². The second-order valence-corrected chi connectivity index (χ2v) is 8.00.